The molecule has 0 saturated heterocycles. The number of hydrogen-bond donors (Lipinski definition) is 2. The molecule has 9 heteroatoms. The Morgan fingerprint density at radius 3 is 2.68 bits per heavy atom. The number of aromatic hydroxyl groups is 1. The fraction of sp³-hybridized carbons (Fsp3) is 0.0769. The van der Waals surface area contributed by atoms with Crippen LogP contribution in [0.15, 0.2) is 29.1 Å². The molecule has 0 fully saturated rings. The van der Waals surface area contributed by atoms with E-state index in [4.69, 9.17) is 5.73 Å². The largest absolute Gasteiger partial charge is 0.494 e. The maximum atomic E-state index is 12.9. The van der Waals surface area contributed by atoms with Crippen LogP contribution >= 0.6 is 11.5 Å². The van der Waals surface area contributed by atoms with E-state index in [0.29, 0.717) is 5.56 Å². The number of halogens is 1. The molecule has 2 aromatic heterocycles. The number of primary amides is 1. The molecule has 1 aromatic carbocycles. The van der Waals surface area contributed by atoms with Crippen molar-refractivity contribution in [1.29, 1.82) is 0 Å². The Balaban J connectivity index is 2.22. The third-order valence-electron chi connectivity index (χ3n) is 3.14. The Kier molecular flexibility index (Phi) is 3.33. The van der Waals surface area contributed by atoms with Gasteiger partial charge in [0, 0.05) is 0 Å². The highest BCUT2D eigenvalue weighted by atomic mass is 32.1. The van der Waals surface area contributed by atoms with Gasteiger partial charge in [-0.05, 0) is 29.2 Å². The van der Waals surface area contributed by atoms with Crippen LogP contribution < -0.4 is 11.3 Å². The van der Waals surface area contributed by atoms with Gasteiger partial charge in [0.1, 0.15) is 11.4 Å². The predicted molar refractivity (Wildman–Crippen MR) is 77.4 cm³/mol. The van der Waals surface area contributed by atoms with E-state index in [1.807, 2.05) is 0 Å². The average Bonchev–Trinajstić information content (AvgIpc) is 2.94. The van der Waals surface area contributed by atoms with Crippen LogP contribution in [0.4, 0.5) is 4.39 Å². The summed E-state index contributed by atoms with van der Waals surface area (Å²) in [5, 5.41) is 13.9. The molecule has 0 bridgehead atoms. The number of benzene rings is 1. The Bertz CT molecular complexity index is 933. The fourth-order valence-electron chi connectivity index (χ4n) is 2.10. The second kappa shape index (κ2) is 5.19. The van der Waals surface area contributed by atoms with E-state index in [2.05, 4.69) is 9.59 Å². The summed E-state index contributed by atoms with van der Waals surface area (Å²) in [4.78, 5) is 23.9. The van der Waals surface area contributed by atoms with E-state index in [1.54, 1.807) is 0 Å². The van der Waals surface area contributed by atoms with Crippen LogP contribution in [0.5, 0.6) is 5.88 Å². The number of carbonyl (C=O) groups is 1. The SMILES string of the molecule is NC(=O)c1c(O)n(Cc2ccc(F)cc2)c(=O)c2nnsc12. The van der Waals surface area contributed by atoms with Crippen LogP contribution in [0, 0.1) is 5.82 Å². The zero-order chi connectivity index (χ0) is 15.9. The van der Waals surface area contributed by atoms with E-state index in [0.717, 1.165) is 16.1 Å². The summed E-state index contributed by atoms with van der Waals surface area (Å²) in [5.41, 5.74) is 4.98. The predicted octanol–water partition coefficient (Wildman–Crippen LogP) is 0.845. The molecule has 22 heavy (non-hydrogen) atoms. The number of rotatable bonds is 3. The molecule has 0 saturated carbocycles. The Morgan fingerprint density at radius 2 is 2.05 bits per heavy atom. The molecule has 1 amide bonds. The molecule has 2 heterocycles. The highest BCUT2D eigenvalue weighted by Crippen LogP contribution is 2.26. The molecular formula is C13H9FN4O3S. The molecule has 3 N–H and O–H groups in total. The van der Waals surface area contributed by atoms with Gasteiger partial charge < -0.3 is 10.8 Å². The van der Waals surface area contributed by atoms with E-state index in [9.17, 15) is 19.1 Å². The van der Waals surface area contributed by atoms with Gasteiger partial charge in [0.15, 0.2) is 5.52 Å². The van der Waals surface area contributed by atoms with Crippen LogP contribution in [0.3, 0.4) is 0 Å². The van der Waals surface area contributed by atoms with Gasteiger partial charge in [-0.3, -0.25) is 14.2 Å². The normalized spacial score (nSPS) is 11.0. The highest BCUT2D eigenvalue weighted by molar-refractivity contribution is 7.13. The van der Waals surface area contributed by atoms with Crippen molar-refractivity contribution >= 4 is 27.7 Å². The second-order valence-electron chi connectivity index (χ2n) is 4.53. The Morgan fingerprint density at radius 1 is 1.36 bits per heavy atom. The first-order chi connectivity index (χ1) is 10.5. The van der Waals surface area contributed by atoms with Crippen molar-refractivity contribution in [3.05, 3.63) is 51.6 Å². The first-order valence-corrected chi connectivity index (χ1v) is 6.88. The van der Waals surface area contributed by atoms with Crippen LogP contribution in [0.2, 0.25) is 0 Å². The molecule has 0 aliphatic carbocycles. The zero-order valence-corrected chi connectivity index (χ0v) is 11.8. The smallest absolute Gasteiger partial charge is 0.283 e. The Labute approximate surface area is 126 Å². The molecule has 0 radical (unpaired) electrons. The number of pyridine rings is 1. The van der Waals surface area contributed by atoms with Gasteiger partial charge in [-0.1, -0.05) is 16.6 Å². The van der Waals surface area contributed by atoms with E-state index >= 15 is 0 Å². The van der Waals surface area contributed by atoms with E-state index < -0.39 is 23.2 Å². The average molecular weight is 320 g/mol. The first-order valence-electron chi connectivity index (χ1n) is 6.11. The van der Waals surface area contributed by atoms with Gasteiger partial charge in [-0.2, -0.15) is 0 Å². The van der Waals surface area contributed by atoms with Gasteiger partial charge >= 0.3 is 0 Å². The van der Waals surface area contributed by atoms with Gasteiger partial charge in [-0.25, -0.2) is 4.39 Å². The molecule has 0 spiro atoms. The minimum absolute atomic E-state index is 0.0429. The third kappa shape index (κ3) is 2.21. The van der Waals surface area contributed by atoms with Crippen LogP contribution in [0.1, 0.15) is 15.9 Å². The molecule has 3 aromatic rings. The van der Waals surface area contributed by atoms with Crippen molar-refractivity contribution < 1.29 is 14.3 Å². The lowest BCUT2D eigenvalue weighted by molar-refractivity contribution is 0.0998. The summed E-state index contributed by atoms with van der Waals surface area (Å²) in [6.45, 7) is -0.0569. The van der Waals surface area contributed by atoms with Crippen LogP contribution in [0.25, 0.3) is 10.2 Å². The summed E-state index contributed by atoms with van der Waals surface area (Å²) in [5.74, 6) is -1.86. The number of carbonyl (C=O) groups excluding carboxylic acids is 1. The lowest BCUT2D eigenvalue weighted by atomic mass is 10.2. The first kappa shape index (κ1) is 14.1. The van der Waals surface area contributed by atoms with Crippen molar-refractivity contribution in [3.63, 3.8) is 0 Å². The molecule has 0 atom stereocenters. The van der Waals surface area contributed by atoms with Crippen molar-refractivity contribution in [3.8, 4) is 5.88 Å². The van der Waals surface area contributed by atoms with E-state index in [1.165, 1.54) is 24.3 Å². The number of hydrogen-bond acceptors (Lipinski definition) is 6. The fourth-order valence-corrected chi connectivity index (χ4v) is 2.80. The summed E-state index contributed by atoms with van der Waals surface area (Å²) < 4.78 is 17.6. The van der Waals surface area contributed by atoms with Crippen molar-refractivity contribution in [1.82, 2.24) is 14.2 Å². The third-order valence-corrected chi connectivity index (χ3v) is 3.89. The lowest BCUT2D eigenvalue weighted by Gasteiger charge is -2.11. The molecule has 0 aliphatic heterocycles. The minimum atomic E-state index is -0.888. The minimum Gasteiger partial charge on any atom is -0.494 e. The summed E-state index contributed by atoms with van der Waals surface area (Å²) in [6.07, 6.45) is 0. The molecule has 112 valence electrons. The number of aromatic nitrogens is 3. The molecule has 3 rings (SSSR count). The summed E-state index contributed by atoms with van der Waals surface area (Å²) >= 11 is 0.803. The van der Waals surface area contributed by atoms with E-state index in [-0.39, 0.29) is 22.3 Å². The second-order valence-corrected chi connectivity index (χ2v) is 5.29. The quantitative estimate of drug-likeness (QED) is 0.743. The maximum Gasteiger partial charge on any atom is 0.283 e. The maximum absolute atomic E-state index is 12.9. The van der Waals surface area contributed by atoms with Crippen LogP contribution in [-0.2, 0) is 6.54 Å². The van der Waals surface area contributed by atoms with Gasteiger partial charge in [0.25, 0.3) is 11.5 Å². The summed E-state index contributed by atoms with van der Waals surface area (Å²) in [7, 11) is 0. The lowest BCUT2D eigenvalue weighted by Crippen LogP contribution is -2.25. The monoisotopic (exact) mass is 320 g/mol. The van der Waals surface area contributed by atoms with Crippen molar-refractivity contribution in [2.24, 2.45) is 5.73 Å². The number of amides is 1. The summed E-state index contributed by atoms with van der Waals surface area (Å²) in [6, 6.07) is 5.40. The van der Waals surface area contributed by atoms with Crippen molar-refractivity contribution in [2.45, 2.75) is 6.54 Å². The molecular weight excluding hydrogens is 311 g/mol. The van der Waals surface area contributed by atoms with Gasteiger partial charge in [0.2, 0.25) is 5.88 Å². The van der Waals surface area contributed by atoms with Gasteiger partial charge in [0.05, 0.1) is 11.2 Å². The molecule has 0 unspecified atom stereocenters. The zero-order valence-electron chi connectivity index (χ0n) is 11.0. The van der Waals surface area contributed by atoms with Crippen molar-refractivity contribution in [2.75, 3.05) is 0 Å². The molecule has 0 aliphatic rings. The highest BCUT2D eigenvalue weighted by Gasteiger charge is 2.22. The topological polar surface area (TPSA) is 111 Å². The van der Waals surface area contributed by atoms with Crippen LogP contribution in [-0.4, -0.2) is 25.2 Å². The standard InChI is InChI=1S/C13H9FN4O3S/c14-7-3-1-6(2-4-7)5-18-12(20)8(11(15)19)10-9(13(18)21)16-17-22-10/h1-4,20H,5H2,(H2,15,19). The number of nitrogens with zero attached hydrogens (tertiary/aromatic N) is 3. The van der Waals surface area contributed by atoms with Gasteiger partial charge in [-0.15, -0.1) is 5.10 Å². The number of fused-ring (bicyclic) bond motifs is 1. The molecule has 7 nitrogen and oxygen atoms in total. The number of nitrogens with two attached hydrogens (primary N) is 1. The Hall–Kier alpha value is -2.81.